The van der Waals surface area contributed by atoms with Crippen LogP contribution in [0.15, 0.2) is 42.6 Å². The molecule has 1 saturated heterocycles. The number of hydrogen-bond acceptors (Lipinski definition) is 5. The standard InChI is InChI=1S/C20H24N4O3/c1-15(25)23-11-6-12-24(14-13-23)20(26)16-7-5-10-21-19(16)22-17-8-3-4-9-18(17)27-2/h3-5,7-10H,6,11-14H2,1-2H3,(H,21,22). The van der Waals surface area contributed by atoms with E-state index in [9.17, 15) is 9.59 Å². The molecule has 0 saturated carbocycles. The van der Waals surface area contributed by atoms with Crippen LogP contribution in [0.5, 0.6) is 5.75 Å². The molecular weight excluding hydrogens is 344 g/mol. The molecule has 2 heterocycles. The molecule has 1 aromatic heterocycles. The van der Waals surface area contributed by atoms with Gasteiger partial charge in [0.1, 0.15) is 11.6 Å². The molecule has 27 heavy (non-hydrogen) atoms. The summed E-state index contributed by atoms with van der Waals surface area (Å²) in [6.45, 7) is 3.93. The number of methoxy groups -OCH3 is 1. The first kappa shape index (κ1) is 18.7. The zero-order valence-electron chi connectivity index (χ0n) is 15.6. The van der Waals surface area contributed by atoms with Gasteiger partial charge < -0.3 is 19.9 Å². The summed E-state index contributed by atoms with van der Waals surface area (Å²) in [5, 5.41) is 3.21. The molecule has 7 nitrogen and oxygen atoms in total. The van der Waals surface area contributed by atoms with E-state index >= 15 is 0 Å². The van der Waals surface area contributed by atoms with Crippen LogP contribution < -0.4 is 10.1 Å². The third kappa shape index (κ3) is 4.36. The molecule has 0 radical (unpaired) electrons. The fourth-order valence-electron chi connectivity index (χ4n) is 3.16. The molecule has 1 aliphatic heterocycles. The van der Waals surface area contributed by atoms with Crippen molar-refractivity contribution in [1.82, 2.24) is 14.8 Å². The molecule has 7 heteroatoms. The Morgan fingerprint density at radius 1 is 1.04 bits per heavy atom. The van der Waals surface area contributed by atoms with E-state index in [1.807, 2.05) is 24.3 Å². The summed E-state index contributed by atoms with van der Waals surface area (Å²) < 4.78 is 5.36. The summed E-state index contributed by atoms with van der Waals surface area (Å²) in [7, 11) is 1.60. The first-order valence-electron chi connectivity index (χ1n) is 9.00. The number of carbonyl (C=O) groups excluding carboxylic acids is 2. The van der Waals surface area contributed by atoms with Crippen LogP contribution in [0.1, 0.15) is 23.7 Å². The summed E-state index contributed by atoms with van der Waals surface area (Å²) in [5.41, 5.74) is 1.24. The van der Waals surface area contributed by atoms with Gasteiger partial charge in [-0.05, 0) is 30.7 Å². The average Bonchev–Trinajstić information content (AvgIpc) is 2.95. The number of nitrogens with zero attached hydrogens (tertiary/aromatic N) is 3. The van der Waals surface area contributed by atoms with Gasteiger partial charge in [-0.15, -0.1) is 0 Å². The molecule has 3 rings (SSSR count). The Labute approximate surface area is 158 Å². The van der Waals surface area contributed by atoms with E-state index in [0.29, 0.717) is 43.3 Å². The molecule has 1 N–H and O–H groups in total. The van der Waals surface area contributed by atoms with Crippen LogP contribution in [-0.2, 0) is 4.79 Å². The van der Waals surface area contributed by atoms with Crippen molar-refractivity contribution in [2.75, 3.05) is 38.6 Å². The van der Waals surface area contributed by atoms with Gasteiger partial charge in [0.25, 0.3) is 5.91 Å². The van der Waals surface area contributed by atoms with E-state index in [2.05, 4.69) is 10.3 Å². The van der Waals surface area contributed by atoms with Crippen molar-refractivity contribution in [2.45, 2.75) is 13.3 Å². The van der Waals surface area contributed by atoms with E-state index in [1.165, 1.54) is 0 Å². The molecular formula is C20H24N4O3. The van der Waals surface area contributed by atoms with Gasteiger partial charge in [0.2, 0.25) is 5.91 Å². The number of benzene rings is 1. The minimum absolute atomic E-state index is 0.0456. The summed E-state index contributed by atoms with van der Waals surface area (Å²) in [6.07, 6.45) is 2.41. The zero-order chi connectivity index (χ0) is 19.2. The van der Waals surface area contributed by atoms with E-state index in [4.69, 9.17) is 4.74 Å². The Morgan fingerprint density at radius 2 is 1.78 bits per heavy atom. The minimum atomic E-state index is -0.0918. The number of nitrogens with one attached hydrogen (secondary N) is 1. The predicted octanol–water partition coefficient (Wildman–Crippen LogP) is 2.53. The highest BCUT2D eigenvalue weighted by Crippen LogP contribution is 2.28. The lowest BCUT2D eigenvalue weighted by Crippen LogP contribution is -2.36. The number of rotatable bonds is 4. The predicted molar refractivity (Wildman–Crippen MR) is 103 cm³/mol. The van der Waals surface area contributed by atoms with Crippen LogP contribution >= 0.6 is 0 Å². The molecule has 0 aliphatic carbocycles. The Kier molecular flexibility index (Phi) is 5.90. The Balaban J connectivity index is 1.81. The topological polar surface area (TPSA) is 74.8 Å². The monoisotopic (exact) mass is 368 g/mol. The molecule has 0 bridgehead atoms. The quantitative estimate of drug-likeness (QED) is 0.898. The Morgan fingerprint density at radius 3 is 2.56 bits per heavy atom. The molecule has 1 aliphatic rings. The molecule has 0 atom stereocenters. The fraction of sp³-hybridized carbons (Fsp3) is 0.350. The second kappa shape index (κ2) is 8.53. The number of aromatic nitrogens is 1. The lowest BCUT2D eigenvalue weighted by Gasteiger charge is -2.22. The lowest BCUT2D eigenvalue weighted by atomic mass is 10.2. The number of anilines is 2. The van der Waals surface area contributed by atoms with Gasteiger partial charge in [0.05, 0.1) is 18.4 Å². The Hall–Kier alpha value is -3.09. The van der Waals surface area contributed by atoms with Crippen LogP contribution in [0.4, 0.5) is 11.5 Å². The van der Waals surface area contributed by atoms with E-state index in [0.717, 1.165) is 12.1 Å². The molecule has 1 aromatic carbocycles. The first-order valence-corrected chi connectivity index (χ1v) is 9.00. The smallest absolute Gasteiger partial charge is 0.257 e. The maximum Gasteiger partial charge on any atom is 0.257 e. The first-order chi connectivity index (χ1) is 13.1. The van der Waals surface area contributed by atoms with Gasteiger partial charge in [-0.25, -0.2) is 4.98 Å². The van der Waals surface area contributed by atoms with Crippen LogP contribution in [0, 0.1) is 0 Å². The third-order valence-electron chi connectivity index (χ3n) is 4.63. The van der Waals surface area contributed by atoms with Gasteiger partial charge in [-0.1, -0.05) is 12.1 Å². The van der Waals surface area contributed by atoms with Crippen molar-refractivity contribution in [1.29, 1.82) is 0 Å². The van der Waals surface area contributed by atoms with Gasteiger partial charge in [-0.2, -0.15) is 0 Å². The van der Waals surface area contributed by atoms with Crippen LogP contribution in [0.2, 0.25) is 0 Å². The van der Waals surface area contributed by atoms with Crippen molar-refractivity contribution >= 4 is 23.3 Å². The van der Waals surface area contributed by atoms with Crippen LogP contribution in [-0.4, -0.2) is 59.9 Å². The van der Waals surface area contributed by atoms with E-state index in [1.54, 1.807) is 42.2 Å². The number of carbonyl (C=O) groups is 2. The normalized spacial score (nSPS) is 14.4. The highest BCUT2D eigenvalue weighted by molar-refractivity contribution is 5.99. The summed E-state index contributed by atoms with van der Waals surface area (Å²) in [5.74, 6) is 1.11. The fourth-order valence-corrected chi connectivity index (χ4v) is 3.16. The van der Waals surface area contributed by atoms with Gasteiger partial charge in [0.15, 0.2) is 0 Å². The SMILES string of the molecule is COc1ccccc1Nc1ncccc1C(=O)N1CCCN(C(C)=O)CC1. The van der Waals surface area contributed by atoms with Crippen molar-refractivity contribution in [2.24, 2.45) is 0 Å². The maximum absolute atomic E-state index is 13.1. The second-order valence-electron chi connectivity index (χ2n) is 6.38. The van der Waals surface area contributed by atoms with Crippen LogP contribution in [0.25, 0.3) is 0 Å². The number of amides is 2. The third-order valence-corrected chi connectivity index (χ3v) is 4.63. The summed E-state index contributed by atoms with van der Waals surface area (Å²) in [4.78, 5) is 32.6. The average molecular weight is 368 g/mol. The van der Waals surface area contributed by atoms with Crippen LogP contribution in [0.3, 0.4) is 0 Å². The molecule has 0 spiro atoms. The summed E-state index contributed by atoms with van der Waals surface area (Å²) >= 11 is 0. The number of ether oxygens (including phenoxy) is 1. The second-order valence-corrected chi connectivity index (χ2v) is 6.38. The van der Waals surface area contributed by atoms with E-state index < -0.39 is 0 Å². The van der Waals surface area contributed by atoms with Gasteiger partial charge in [0, 0.05) is 39.3 Å². The minimum Gasteiger partial charge on any atom is -0.495 e. The van der Waals surface area contributed by atoms with Crippen molar-refractivity contribution in [3.63, 3.8) is 0 Å². The van der Waals surface area contributed by atoms with Gasteiger partial charge >= 0.3 is 0 Å². The summed E-state index contributed by atoms with van der Waals surface area (Å²) in [6, 6.07) is 11.0. The number of pyridine rings is 1. The number of para-hydroxylation sites is 2. The Bertz CT molecular complexity index is 824. The molecule has 0 unspecified atom stereocenters. The molecule has 1 fully saturated rings. The zero-order valence-corrected chi connectivity index (χ0v) is 15.6. The van der Waals surface area contributed by atoms with Gasteiger partial charge in [-0.3, -0.25) is 9.59 Å². The molecule has 2 amide bonds. The van der Waals surface area contributed by atoms with Crippen molar-refractivity contribution in [3.05, 3.63) is 48.2 Å². The molecule has 142 valence electrons. The lowest BCUT2D eigenvalue weighted by molar-refractivity contribution is -0.128. The van der Waals surface area contributed by atoms with Crippen molar-refractivity contribution < 1.29 is 14.3 Å². The van der Waals surface area contributed by atoms with E-state index in [-0.39, 0.29) is 11.8 Å². The largest absolute Gasteiger partial charge is 0.495 e. The molecule has 2 aromatic rings. The maximum atomic E-state index is 13.1. The number of hydrogen-bond donors (Lipinski definition) is 1. The van der Waals surface area contributed by atoms with Crippen molar-refractivity contribution in [3.8, 4) is 5.75 Å². The highest BCUT2D eigenvalue weighted by atomic mass is 16.5. The highest BCUT2D eigenvalue weighted by Gasteiger charge is 2.23.